The molecule has 0 aromatic heterocycles. The van der Waals surface area contributed by atoms with Gasteiger partial charge in [0.2, 0.25) is 15.9 Å². The zero-order valence-electron chi connectivity index (χ0n) is 20.3. The molecule has 9 nitrogen and oxygen atoms in total. The number of likely N-dealkylation sites (tertiary alicyclic amines) is 1. The van der Waals surface area contributed by atoms with Gasteiger partial charge in [-0.3, -0.25) is 14.4 Å². The lowest BCUT2D eigenvalue weighted by Crippen LogP contribution is -2.41. The van der Waals surface area contributed by atoms with E-state index in [1.165, 1.54) is 35.5 Å². The molecule has 2 amide bonds. The zero-order chi connectivity index (χ0) is 25.7. The van der Waals surface area contributed by atoms with Crippen LogP contribution in [0.4, 0.5) is 5.69 Å². The molecule has 0 radical (unpaired) electrons. The van der Waals surface area contributed by atoms with Gasteiger partial charge in [-0.2, -0.15) is 4.31 Å². The van der Waals surface area contributed by atoms with E-state index >= 15 is 0 Å². The van der Waals surface area contributed by atoms with Crippen molar-refractivity contribution in [2.24, 2.45) is 0 Å². The van der Waals surface area contributed by atoms with Gasteiger partial charge < -0.3 is 15.0 Å². The topological polar surface area (TPSA) is 113 Å². The summed E-state index contributed by atoms with van der Waals surface area (Å²) in [5.41, 5.74) is 2.22. The van der Waals surface area contributed by atoms with Crippen molar-refractivity contribution in [1.82, 2.24) is 9.21 Å². The number of hydrogen-bond acceptors (Lipinski definition) is 6. The van der Waals surface area contributed by atoms with Gasteiger partial charge in [0.1, 0.15) is 0 Å². The van der Waals surface area contributed by atoms with Gasteiger partial charge in [-0.15, -0.1) is 0 Å². The number of esters is 1. The number of amides is 2. The summed E-state index contributed by atoms with van der Waals surface area (Å²) in [6.07, 6.45) is 3.28. The molecule has 2 aromatic rings. The number of rotatable bonds is 7. The number of benzene rings is 2. The molecule has 1 unspecified atom stereocenters. The summed E-state index contributed by atoms with van der Waals surface area (Å²) in [6, 6.07) is 12.6. The molecule has 2 aliphatic heterocycles. The van der Waals surface area contributed by atoms with Crippen molar-refractivity contribution >= 4 is 33.5 Å². The third-order valence-corrected chi connectivity index (χ3v) is 8.49. The Hall–Kier alpha value is -3.24. The lowest BCUT2D eigenvalue weighted by Gasteiger charge is -2.36. The van der Waals surface area contributed by atoms with Crippen LogP contribution in [0.15, 0.2) is 53.4 Å². The van der Waals surface area contributed by atoms with E-state index in [1.54, 1.807) is 4.90 Å². The Morgan fingerprint density at radius 3 is 2.36 bits per heavy atom. The van der Waals surface area contributed by atoms with Crippen LogP contribution in [-0.2, 0) is 35.6 Å². The summed E-state index contributed by atoms with van der Waals surface area (Å²) in [6.45, 7) is 2.57. The fourth-order valence-corrected chi connectivity index (χ4v) is 6.38. The van der Waals surface area contributed by atoms with E-state index < -0.39 is 22.0 Å². The van der Waals surface area contributed by atoms with Crippen molar-refractivity contribution in [1.29, 1.82) is 0 Å². The molecule has 0 aliphatic carbocycles. The predicted molar refractivity (Wildman–Crippen MR) is 134 cm³/mol. The maximum atomic E-state index is 13.6. The number of nitrogens with one attached hydrogen (secondary N) is 1. The molecule has 0 saturated carbocycles. The minimum Gasteiger partial charge on any atom is -0.456 e. The predicted octanol–water partition coefficient (Wildman–Crippen LogP) is 2.88. The second kappa shape index (κ2) is 11.2. The molecule has 0 bridgehead atoms. The average molecular weight is 514 g/mol. The second-order valence-electron chi connectivity index (χ2n) is 9.09. The normalized spacial score (nSPS) is 18.2. The SMILES string of the molecule is CC(=O)Nc1ccc(S(=O)(=O)N2CCc3ccccc3C2CC(=O)OCC(=O)N2CCCCC2)cc1. The van der Waals surface area contributed by atoms with E-state index in [0.29, 0.717) is 25.2 Å². The molecule has 36 heavy (non-hydrogen) atoms. The lowest BCUT2D eigenvalue weighted by atomic mass is 9.92. The highest BCUT2D eigenvalue weighted by Crippen LogP contribution is 2.36. The summed E-state index contributed by atoms with van der Waals surface area (Å²) in [4.78, 5) is 38.3. The molecule has 1 saturated heterocycles. The summed E-state index contributed by atoms with van der Waals surface area (Å²) in [5.74, 6) is -1.10. The van der Waals surface area contributed by atoms with Gasteiger partial charge in [0.25, 0.3) is 5.91 Å². The number of carbonyl (C=O) groups is 3. The molecule has 2 heterocycles. The molecule has 2 aliphatic rings. The van der Waals surface area contributed by atoms with Crippen molar-refractivity contribution in [2.45, 2.75) is 50.0 Å². The first kappa shape index (κ1) is 25.8. The summed E-state index contributed by atoms with van der Waals surface area (Å²) >= 11 is 0. The van der Waals surface area contributed by atoms with Gasteiger partial charge in [0, 0.05) is 32.2 Å². The van der Waals surface area contributed by atoms with E-state index in [1.807, 2.05) is 24.3 Å². The van der Waals surface area contributed by atoms with Gasteiger partial charge in [0.05, 0.1) is 17.4 Å². The van der Waals surface area contributed by atoms with E-state index in [2.05, 4.69) is 5.32 Å². The fourth-order valence-electron chi connectivity index (χ4n) is 4.77. The fraction of sp³-hybridized carbons (Fsp3) is 0.423. The van der Waals surface area contributed by atoms with Crippen molar-refractivity contribution in [3.05, 3.63) is 59.7 Å². The molecule has 1 fully saturated rings. The maximum absolute atomic E-state index is 13.6. The van der Waals surface area contributed by atoms with Crippen LogP contribution < -0.4 is 5.32 Å². The third kappa shape index (κ3) is 5.93. The Labute approximate surface area is 211 Å². The Morgan fingerprint density at radius 2 is 1.67 bits per heavy atom. The Balaban J connectivity index is 1.52. The summed E-state index contributed by atoms with van der Waals surface area (Å²) < 4.78 is 33.9. The van der Waals surface area contributed by atoms with Crippen LogP contribution in [0.1, 0.15) is 49.8 Å². The van der Waals surface area contributed by atoms with Crippen molar-refractivity contribution < 1.29 is 27.5 Å². The van der Waals surface area contributed by atoms with Crippen LogP contribution in [0.3, 0.4) is 0 Å². The number of piperidine rings is 1. The largest absolute Gasteiger partial charge is 0.456 e. The third-order valence-electron chi connectivity index (χ3n) is 6.57. The highest BCUT2D eigenvalue weighted by Gasteiger charge is 2.38. The van der Waals surface area contributed by atoms with E-state index in [0.717, 1.165) is 30.4 Å². The van der Waals surface area contributed by atoms with Crippen LogP contribution in [0.25, 0.3) is 0 Å². The molecule has 2 aromatic carbocycles. The molecule has 4 rings (SSSR count). The number of hydrogen-bond donors (Lipinski definition) is 1. The maximum Gasteiger partial charge on any atom is 0.308 e. The van der Waals surface area contributed by atoms with Crippen molar-refractivity contribution in [3.63, 3.8) is 0 Å². The summed E-state index contributed by atoms with van der Waals surface area (Å²) in [7, 11) is -3.96. The number of sulfonamides is 1. The van der Waals surface area contributed by atoms with Crippen LogP contribution in [0, 0.1) is 0 Å². The smallest absolute Gasteiger partial charge is 0.308 e. The Kier molecular flexibility index (Phi) is 8.05. The standard InChI is InChI=1S/C26H31N3O6S/c1-19(30)27-21-9-11-22(12-10-21)36(33,34)29-16-13-20-7-3-4-8-23(20)24(29)17-26(32)35-18-25(31)28-14-5-2-6-15-28/h3-4,7-12,24H,2,5-6,13-18H2,1H3,(H,27,30). The van der Waals surface area contributed by atoms with Crippen molar-refractivity contribution in [3.8, 4) is 0 Å². The monoisotopic (exact) mass is 513 g/mol. The first-order valence-electron chi connectivity index (χ1n) is 12.2. The van der Waals surface area contributed by atoms with Gasteiger partial charge >= 0.3 is 5.97 Å². The van der Waals surface area contributed by atoms with E-state index in [4.69, 9.17) is 4.74 Å². The number of ether oxygens (including phenoxy) is 1. The zero-order valence-corrected chi connectivity index (χ0v) is 21.1. The van der Waals surface area contributed by atoms with Gasteiger partial charge in [0.15, 0.2) is 6.61 Å². The molecule has 0 spiro atoms. The van der Waals surface area contributed by atoms with Gasteiger partial charge in [-0.1, -0.05) is 24.3 Å². The molecule has 1 atom stereocenters. The Bertz CT molecular complexity index is 1220. The average Bonchev–Trinajstić information content (AvgIpc) is 2.88. The molecule has 192 valence electrons. The van der Waals surface area contributed by atoms with Crippen molar-refractivity contribution in [2.75, 3.05) is 31.6 Å². The van der Waals surface area contributed by atoms with Gasteiger partial charge in [-0.05, 0) is 61.1 Å². The number of carbonyl (C=O) groups excluding carboxylic acids is 3. The highest BCUT2D eigenvalue weighted by atomic mass is 32.2. The van der Waals surface area contributed by atoms with E-state index in [9.17, 15) is 22.8 Å². The quantitative estimate of drug-likeness (QED) is 0.570. The minimum absolute atomic E-state index is 0.0645. The molecular formula is C26H31N3O6S. The Morgan fingerprint density at radius 1 is 0.972 bits per heavy atom. The van der Waals surface area contributed by atoms with Crippen LogP contribution in [0.2, 0.25) is 0 Å². The first-order valence-corrected chi connectivity index (χ1v) is 13.6. The van der Waals surface area contributed by atoms with Gasteiger partial charge in [-0.25, -0.2) is 8.42 Å². The molecule has 10 heteroatoms. The second-order valence-corrected chi connectivity index (χ2v) is 11.0. The number of nitrogens with zero attached hydrogens (tertiary/aromatic N) is 2. The van der Waals surface area contributed by atoms with Crippen LogP contribution in [0.5, 0.6) is 0 Å². The minimum atomic E-state index is -3.96. The number of fused-ring (bicyclic) bond motifs is 1. The molecule has 1 N–H and O–H groups in total. The summed E-state index contributed by atoms with van der Waals surface area (Å²) in [5, 5.41) is 2.62. The van der Waals surface area contributed by atoms with Crippen LogP contribution in [-0.4, -0.2) is 61.6 Å². The van der Waals surface area contributed by atoms with E-state index in [-0.39, 0.29) is 36.3 Å². The highest BCUT2D eigenvalue weighted by molar-refractivity contribution is 7.89. The number of anilines is 1. The molecular weight excluding hydrogens is 482 g/mol. The van der Waals surface area contributed by atoms with Crippen LogP contribution >= 0.6 is 0 Å². The lowest BCUT2D eigenvalue weighted by molar-refractivity contribution is -0.153. The first-order chi connectivity index (χ1) is 17.3.